The minimum atomic E-state index is 0.436. The second-order valence-corrected chi connectivity index (χ2v) is 4.47. The van der Waals surface area contributed by atoms with Crippen molar-refractivity contribution in [3.05, 3.63) is 28.2 Å². The topological polar surface area (TPSA) is 67.9 Å². The number of thiazole rings is 1. The molecule has 0 unspecified atom stereocenters. The van der Waals surface area contributed by atoms with Gasteiger partial charge >= 0.3 is 0 Å². The number of nitrogens with zero attached hydrogens (tertiary/aromatic N) is 4. The highest BCUT2D eigenvalue weighted by Crippen LogP contribution is 2.17. The number of hydrogen-bond acceptors (Lipinski definition) is 6. The predicted octanol–water partition coefficient (Wildman–Crippen LogP) is 1.46. The van der Waals surface area contributed by atoms with E-state index in [4.69, 9.17) is 5.73 Å². The minimum Gasteiger partial charge on any atom is -0.382 e. The Bertz CT molecular complexity index is 464. The standard InChI is InChI=1S/C10H13N5S/c1-7-8(16-6-12-7)5-15(2)10-4-3-9(11)13-14-10/h3-4,6H,5H2,1-2H3,(H2,11,13). The molecule has 0 saturated carbocycles. The highest BCUT2D eigenvalue weighted by molar-refractivity contribution is 7.09. The molecule has 0 spiro atoms. The first-order valence-corrected chi connectivity index (χ1v) is 5.74. The highest BCUT2D eigenvalue weighted by atomic mass is 32.1. The summed E-state index contributed by atoms with van der Waals surface area (Å²) in [4.78, 5) is 7.47. The summed E-state index contributed by atoms with van der Waals surface area (Å²) in [6.07, 6.45) is 0. The van der Waals surface area contributed by atoms with Crippen LogP contribution in [0.3, 0.4) is 0 Å². The number of anilines is 2. The summed E-state index contributed by atoms with van der Waals surface area (Å²) in [7, 11) is 1.97. The fourth-order valence-corrected chi connectivity index (χ4v) is 2.14. The summed E-state index contributed by atoms with van der Waals surface area (Å²) in [6.45, 7) is 2.80. The van der Waals surface area contributed by atoms with Gasteiger partial charge in [0.15, 0.2) is 5.82 Å². The average molecular weight is 235 g/mol. The van der Waals surface area contributed by atoms with Gasteiger partial charge in [0, 0.05) is 11.9 Å². The summed E-state index contributed by atoms with van der Waals surface area (Å²) in [5.74, 6) is 1.24. The number of nitrogen functional groups attached to an aromatic ring is 1. The van der Waals surface area contributed by atoms with E-state index in [-0.39, 0.29) is 0 Å². The Morgan fingerprint density at radius 1 is 1.38 bits per heavy atom. The van der Waals surface area contributed by atoms with Gasteiger partial charge in [-0.25, -0.2) is 4.98 Å². The van der Waals surface area contributed by atoms with E-state index in [0.717, 1.165) is 18.1 Å². The molecule has 2 rings (SSSR count). The van der Waals surface area contributed by atoms with Crippen molar-refractivity contribution in [1.82, 2.24) is 15.2 Å². The molecule has 84 valence electrons. The molecule has 0 bridgehead atoms. The van der Waals surface area contributed by atoms with E-state index in [1.807, 2.05) is 30.4 Å². The first-order valence-electron chi connectivity index (χ1n) is 4.86. The van der Waals surface area contributed by atoms with E-state index in [9.17, 15) is 0 Å². The molecule has 0 radical (unpaired) electrons. The Balaban J connectivity index is 2.11. The molecule has 0 atom stereocenters. The smallest absolute Gasteiger partial charge is 0.151 e. The SMILES string of the molecule is Cc1ncsc1CN(C)c1ccc(N)nn1. The molecule has 6 heteroatoms. The van der Waals surface area contributed by atoms with Gasteiger partial charge in [-0.2, -0.15) is 0 Å². The largest absolute Gasteiger partial charge is 0.382 e. The lowest BCUT2D eigenvalue weighted by atomic mass is 10.3. The molecule has 0 aliphatic carbocycles. The zero-order chi connectivity index (χ0) is 11.5. The molecular formula is C10H13N5S. The quantitative estimate of drug-likeness (QED) is 0.872. The van der Waals surface area contributed by atoms with Gasteiger partial charge in [0.25, 0.3) is 0 Å². The Hall–Kier alpha value is -1.69. The predicted molar refractivity (Wildman–Crippen MR) is 65.4 cm³/mol. The van der Waals surface area contributed by atoms with E-state index in [1.165, 1.54) is 4.88 Å². The summed E-state index contributed by atoms with van der Waals surface area (Å²) in [5.41, 5.74) is 8.41. The molecular weight excluding hydrogens is 222 g/mol. The van der Waals surface area contributed by atoms with Crippen LogP contribution < -0.4 is 10.6 Å². The van der Waals surface area contributed by atoms with Gasteiger partial charge in [0.1, 0.15) is 5.82 Å². The van der Waals surface area contributed by atoms with Crippen LogP contribution in [0, 0.1) is 6.92 Å². The highest BCUT2D eigenvalue weighted by Gasteiger charge is 2.07. The van der Waals surface area contributed by atoms with E-state index in [0.29, 0.717) is 5.82 Å². The van der Waals surface area contributed by atoms with Crippen LogP contribution >= 0.6 is 11.3 Å². The second-order valence-electron chi connectivity index (χ2n) is 3.53. The van der Waals surface area contributed by atoms with Gasteiger partial charge in [-0.15, -0.1) is 21.5 Å². The zero-order valence-corrected chi connectivity index (χ0v) is 10.0. The van der Waals surface area contributed by atoms with Crippen LogP contribution in [0.15, 0.2) is 17.6 Å². The Labute approximate surface area is 98.0 Å². The summed E-state index contributed by atoms with van der Waals surface area (Å²) < 4.78 is 0. The van der Waals surface area contributed by atoms with Gasteiger partial charge in [-0.1, -0.05) is 0 Å². The first-order chi connectivity index (χ1) is 7.66. The number of aryl methyl sites for hydroxylation is 1. The number of nitrogens with two attached hydrogens (primary N) is 1. The van der Waals surface area contributed by atoms with Crippen LogP contribution in [-0.2, 0) is 6.54 Å². The first kappa shape index (κ1) is 10.8. The van der Waals surface area contributed by atoms with Crippen molar-refractivity contribution in [3.8, 4) is 0 Å². The maximum atomic E-state index is 5.49. The molecule has 2 aromatic heterocycles. The second kappa shape index (κ2) is 4.44. The van der Waals surface area contributed by atoms with Crippen molar-refractivity contribution < 1.29 is 0 Å². The Morgan fingerprint density at radius 2 is 2.19 bits per heavy atom. The van der Waals surface area contributed by atoms with Crippen molar-refractivity contribution in [1.29, 1.82) is 0 Å². The molecule has 16 heavy (non-hydrogen) atoms. The van der Waals surface area contributed by atoms with Crippen molar-refractivity contribution in [2.75, 3.05) is 17.7 Å². The Kier molecular flexibility index (Phi) is 3.00. The van der Waals surface area contributed by atoms with Crippen molar-refractivity contribution >= 4 is 23.0 Å². The van der Waals surface area contributed by atoms with Crippen molar-refractivity contribution in [3.63, 3.8) is 0 Å². The van der Waals surface area contributed by atoms with E-state index in [2.05, 4.69) is 15.2 Å². The molecule has 0 aliphatic rings. The number of aromatic nitrogens is 3. The molecule has 0 amide bonds. The normalized spacial score (nSPS) is 10.4. The van der Waals surface area contributed by atoms with Crippen LogP contribution in [-0.4, -0.2) is 22.2 Å². The van der Waals surface area contributed by atoms with Crippen LogP contribution in [0.2, 0.25) is 0 Å². The van der Waals surface area contributed by atoms with Gasteiger partial charge in [-0.3, -0.25) is 0 Å². The van der Waals surface area contributed by atoms with Crippen LogP contribution in [0.5, 0.6) is 0 Å². The van der Waals surface area contributed by atoms with Gasteiger partial charge < -0.3 is 10.6 Å². The zero-order valence-electron chi connectivity index (χ0n) is 9.21. The maximum absolute atomic E-state index is 5.49. The third-order valence-electron chi connectivity index (χ3n) is 2.29. The van der Waals surface area contributed by atoms with Gasteiger partial charge in [-0.05, 0) is 19.1 Å². The molecule has 0 saturated heterocycles. The van der Waals surface area contributed by atoms with Crippen molar-refractivity contribution in [2.45, 2.75) is 13.5 Å². The fraction of sp³-hybridized carbons (Fsp3) is 0.300. The lowest BCUT2D eigenvalue weighted by Gasteiger charge is -2.16. The van der Waals surface area contributed by atoms with Crippen LogP contribution in [0.1, 0.15) is 10.6 Å². The van der Waals surface area contributed by atoms with Crippen LogP contribution in [0.4, 0.5) is 11.6 Å². The maximum Gasteiger partial charge on any atom is 0.151 e. The lowest BCUT2D eigenvalue weighted by molar-refractivity contribution is 0.872. The summed E-state index contributed by atoms with van der Waals surface area (Å²) in [6, 6.07) is 3.61. The van der Waals surface area contributed by atoms with E-state index in [1.54, 1.807) is 17.4 Å². The van der Waals surface area contributed by atoms with E-state index >= 15 is 0 Å². The third-order valence-corrected chi connectivity index (χ3v) is 3.21. The third kappa shape index (κ3) is 2.27. The molecule has 0 fully saturated rings. The van der Waals surface area contributed by atoms with Gasteiger partial charge in [0.2, 0.25) is 0 Å². The lowest BCUT2D eigenvalue weighted by Crippen LogP contribution is -2.18. The summed E-state index contributed by atoms with van der Waals surface area (Å²) in [5, 5.41) is 7.85. The fourth-order valence-electron chi connectivity index (χ4n) is 1.31. The monoisotopic (exact) mass is 235 g/mol. The van der Waals surface area contributed by atoms with Crippen molar-refractivity contribution in [2.24, 2.45) is 0 Å². The number of rotatable bonds is 3. The molecule has 2 aromatic rings. The molecule has 5 nitrogen and oxygen atoms in total. The summed E-state index contributed by atoms with van der Waals surface area (Å²) >= 11 is 1.65. The molecule has 0 aliphatic heterocycles. The average Bonchev–Trinajstić information content (AvgIpc) is 2.65. The van der Waals surface area contributed by atoms with Crippen LogP contribution in [0.25, 0.3) is 0 Å². The number of hydrogen-bond donors (Lipinski definition) is 1. The molecule has 2 heterocycles. The Morgan fingerprint density at radius 3 is 2.75 bits per heavy atom. The molecule has 2 N–H and O–H groups in total. The van der Waals surface area contributed by atoms with Gasteiger partial charge in [0.05, 0.1) is 17.7 Å². The minimum absolute atomic E-state index is 0.436. The molecule has 0 aromatic carbocycles. The van der Waals surface area contributed by atoms with E-state index < -0.39 is 0 Å².